The van der Waals surface area contributed by atoms with Gasteiger partial charge in [0.25, 0.3) is 5.91 Å². The van der Waals surface area contributed by atoms with Crippen LogP contribution in [0.25, 0.3) is 6.08 Å². The quantitative estimate of drug-likeness (QED) is 0.541. The number of hydrogen-bond donors (Lipinski definition) is 2. The predicted molar refractivity (Wildman–Crippen MR) is 115 cm³/mol. The van der Waals surface area contributed by atoms with Crippen LogP contribution in [-0.2, 0) is 9.59 Å². The van der Waals surface area contributed by atoms with E-state index >= 15 is 0 Å². The maximum atomic E-state index is 12.6. The lowest BCUT2D eigenvalue weighted by Gasteiger charge is -2.12. The smallest absolute Gasteiger partial charge is 0.329 e. The minimum atomic E-state index is -0.623. The lowest BCUT2D eigenvalue weighted by atomic mass is 10.2. The van der Waals surface area contributed by atoms with Crippen LogP contribution in [0.15, 0.2) is 54.2 Å². The number of nitrogens with one attached hydrogen (secondary N) is 2. The molecule has 2 aromatic carbocycles. The molecule has 0 spiro atoms. The Kier molecular flexibility index (Phi) is 6.51. The van der Waals surface area contributed by atoms with Crippen molar-refractivity contribution in [1.29, 1.82) is 0 Å². The van der Waals surface area contributed by atoms with Gasteiger partial charge in [0.05, 0.1) is 6.10 Å². The number of carbonyl (C=O) groups excluding carboxylic acids is 3. The maximum Gasteiger partial charge on any atom is 0.329 e. The Morgan fingerprint density at radius 1 is 1.20 bits per heavy atom. The summed E-state index contributed by atoms with van der Waals surface area (Å²) in [5, 5.41) is 5.22. The van der Waals surface area contributed by atoms with E-state index in [-0.39, 0.29) is 18.3 Å². The third-order valence-electron chi connectivity index (χ3n) is 4.67. The van der Waals surface area contributed by atoms with Gasteiger partial charge in [-0.2, -0.15) is 0 Å². The van der Waals surface area contributed by atoms with E-state index in [1.807, 2.05) is 51.1 Å². The normalized spacial score (nSPS) is 15.8. The molecule has 7 nitrogen and oxygen atoms in total. The Morgan fingerprint density at radius 3 is 2.60 bits per heavy atom. The number of urea groups is 1. The molecule has 1 fully saturated rings. The summed E-state index contributed by atoms with van der Waals surface area (Å²) in [4.78, 5) is 37.9. The summed E-state index contributed by atoms with van der Waals surface area (Å²) in [6.07, 6.45) is 2.59. The molecule has 0 unspecified atom stereocenters. The summed E-state index contributed by atoms with van der Waals surface area (Å²) >= 11 is 0. The summed E-state index contributed by atoms with van der Waals surface area (Å²) in [6.45, 7) is 5.59. The Morgan fingerprint density at radius 2 is 1.93 bits per heavy atom. The van der Waals surface area contributed by atoms with Gasteiger partial charge >= 0.3 is 6.03 Å². The van der Waals surface area contributed by atoms with Crippen molar-refractivity contribution in [2.24, 2.45) is 0 Å². The van der Waals surface area contributed by atoms with Crippen LogP contribution in [0.1, 0.15) is 31.4 Å². The lowest BCUT2D eigenvalue weighted by molar-refractivity contribution is -0.127. The highest BCUT2D eigenvalue weighted by molar-refractivity contribution is 6.15. The minimum Gasteiger partial charge on any atom is -0.491 e. The molecule has 7 heteroatoms. The molecule has 156 valence electrons. The van der Waals surface area contributed by atoms with Crippen LogP contribution in [0.3, 0.4) is 0 Å². The zero-order chi connectivity index (χ0) is 21.7. The number of nitrogens with zero attached hydrogens (tertiary/aromatic N) is 1. The molecule has 1 atom stereocenters. The van der Waals surface area contributed by atoms with Gasteiger partial charge in [-0.15, -0.1) is 0 Å². The van der Waals surface area contributed by atoms with Crippen molar-refractivity contribution in [1.82, 2.24) is 10.2 Å². The molecule has 4 amide bonds. The van der Waals surface area contributed by atoms with E-state index in [9.17, 15) is 14.4 Å². The summed E-state index contributed by atoms with van der Waals surface area (Å²) in [6, 6.07) is 13.9. The molecule has 3 rings (SSSR count). The molecular weight excluding hydrogens is 382 g/mol. The first kappa shape index (κ1) is 21.1. The summed E-state index contributed by atoms with van der Waals surface area (Å²) < 4.78 is 5.73. The van der Waals surface area contributed by atoms with Crippen molar-refractivity contribution in [3.63, 3.8) is 0 Å². The van der Waals surface area contributed by atoms with E-state index in [1.54, 1.807) is 24.3 Å². The lowest BCUT2D eigenvalue weighted by Crippen LogP contribution is -2.38. The molecule has 0 radical (unpaired) electrons. The average Bonchev–Trinajstić information content (AvgIpc) is 2.96. The second kappa shape index (κ2) is 9.26. The SMILES string of the molecule is CC[C@@H](C)Oc1ccc(/C=C2\NC(=O)N(CC(=O)Nc3cccc(C)c3)C2=O)cc1. The van der Waals surface area contributed by atoms with Crippen molar-refractivity contribution in [2.75, 3.05) is 11.9 Å². The molecule has 2 N–H and O–H groups in total. The van der Waals surface area contributed by atoms with Gasteiger partial charge in [0, 0.05) is 5.69 Å². The maximum absolute atomic E-state index is 12.6. The molecule has 30 heavy (non-hydrogen) atoms. The molecule has 0 aromatic heterocycles. The van der Waals surface area contributed by atoms with Gasteiger partial charge < -0.3 is 15.4 Å². The summed E-state index contributed by atoms with van der Waals surface area (Å²) in [5.74, 6) is -0.251. The Labute approximate surface area is 175 Å². The molecule has 1 aliphatic heterocycles. The van der Waals surface area contributed by atoms with Gasteiger partial charge in [-0.1, -0.05) is 31.2 Å². The first-order valence-corrected chi connectivity index (χ1v) is 9.83. The minimum absolute atomic E-state index is 0.115. The van der Waals surface area contributed by atoms with Gasteiger partial charge in [-0.3, -0.25) is 9.59 Å². The van der Waals surface area contributed by atoms with Crippen molar-refractivity contribution in [3.8, 4) is 5.75 Å². The van der Waals surface area contributed by atoms with Crippen LogP contribution in [0.5, 0.6) is 5.75 Å². The fourth-order valence-electron chi connectivity index (χ4n) is 2.91. The van der Waals surface area contributed by atoms with E-state index in [1.165, 1.54) is 0 Å². The van der Waals surface area contributed by atoms with Crippen LogP contribution < -0.4 is 15.4 Å². The molecule has 0 saturated carbocycles. The number of imide groups is 1. The molecular formula is C23H25N3O4. The van der Waals surface area contributed by atoms with Gasteiger partial charge in [-0.25, -0.2) is 9.69 Å². The number of anilines is 1. The highest BCUT2D eigenvalue weighted by Gasteiger charge is 2.34. The number of ether oxygens (including phenoxy) is 1. The molecule has 0 aliphatic carbocycles. The third-order valence-corrected chi connectivity index (χ3v) is 4.67. The number of rotatable bonds is 7. The standard InChI is InChI=1S/C23H25N3O4/c1-4-16(3)30-19-10-8-17(9-11-19)13-20-22(28)26(23(29)25-20)14-21(27)24-18-7-5-6-15(2)12-18/h5-13,16H,4,14H2,1-3H3,(H,24,27)(H,25,29)/b20-13-/t16-/m1/s1. The fourth-order valence-corrected chi connectivity index (χ4v) is 2.91. The summed E-state index contributed by atoms with van der Waals surface area (Å²) in [7, 11) is 0. The van der Waals surface area contributed by atoms with Crippen molar-refractivity contribution in [3.05, 3.63) is 65.4 Å². The summed E-state index contributed by atoms with van der Waals surface area (Å²) in [5.41, 5.74) is 2.47. The second-order valence-corrected chi connectivity index (χ2v) is 7.20. The highest BCUT2D eigenvalue weighted by Crippen LogP contribution is 2.19. The van der Waals surface area contributed by atoms with E-state index in [4.69, 9.17) is 4.74 Å². The fraction of sp³-hybridized carbons (Fsp3) is 0.261. The molecule has 2 aromatic rings. The van der Waals surface area contributed by atoms with Gasteiger partial charge in [0.2, 0.25) is 5.91 Å². The molecule has 0 bridgehead atoms. The highest BCUT2D eigenvalue weighted by atomic mass is 16.5. The van der Waals surface area contributed by atoms with Crippen LogP contribution >= 0.6 is 0 Å². The van der Waals surface area contributed by atoms with E-state index in [0.717, 1.165) is 28.2 Å². The first-order valence-electron chi connectivity index (χ1n) is 9.83. The Hall–Kier alpha value is -3.61. The van der Waals surface area contributed by atoms with Crippen LogP contribution in [0.2, 0.25) is 0 Å². The van der Waals surface area contributed by atoms with Gasteiger partial charge in [-0.05, 0) is 61.7 Å². The second-order valence-electron chi connectivity index (χ2n) is 7.20. The van der Waals surface area contributed by atoms with Gasteiger partial charge in [0.15, 0.2) is 0 Å². The number of carbonyl (C=O) groups is 3. The van der Waals surface area contributed by atoms with E-state index in [2.05, 4.69) is 10.6 Å². The monoisotopic (exact) mass is 407 g/mol. The van der Waals surface area contributed by atoms with E-state index in [0.29, 0.717) is 5.69 Å². The van der Waals surface area contributed by atoms with Crippen LogP contribution in [0, 0.1) is 6.92 Å². The zero-order valence-electron chi connectivity index (χ0n) is 17.3. The Bertz CT molecular complexity index is 982. The average molecular weight is 407 g/mol. The van der Waals surface area contributed by atoms with Crippen molar-refractivity contribution < 1.29 is 19.1 Å². The number of hydrogen-bond acceptors (Lipinski definition) is 4. The Balaban J connectivity index is 1.64. The van der Waals surface area contributed by atoms with Crippen LogP contribution in [0.4, 0.5) is 10.5 Å². The molecule has 1 heterocycles. The predicted octanol–water partition coefficient (Wildman–Crippen LogP) is 3.70. The molecule has 1 saturated heterocycles. The van der Waals surface area contributed by atoms with Gasteiger partial charge in [0.1, 0.15) is 18.0 Å². The van der Waals surface area contributed by atoms with Crippen LogP contribution in [-0.4, -0.2) is 35.4 Å². The van der Waals surface area contributed by atoms with Crippen molar-refractivity contribution >= 4 is 29.6 Å². The van der Waals surface area contributed by atoms with E-state index < -0.39 is 17.8 Å². The number of benzene rings is 2. The molecule has 1 aliphatic rings. The first-order chi connectivity index (χ1) is 14.4. The zero-order valence-corrected chi connectivity index (χ0v) is 17.3. The topological polar surface area (TPSA) is 87.7 Å². The number of aryl methyl sites for hydroxylation is 1. The largest absolute Gasteiger partial charge is 0.491 e. The number of amides is 4. The third kappa shape index (κ3) is 5.26. The van der Waals surface area contributed by atoms with Crippen molar-refractivity contribution in [2.45, 2.75) is 33.3 Å².